The van der Waals surface area contributed by atoms with Gasteiger partial charge in [0.1, 0.15) is 16.7 Å². The monoisotopic (exact) mass is 438 g/mol. The van der Waals surface area contributed by atoms with Gasteiger partial charge in [-0.1, -0.05) is 55.3 Å². The molecular weight excluding hydrogens is 412 g/mol. The molecule has 1 amide bonds. The molecule has 2 rings (SSSR count). The van der Waals surface area contributed by atoms with Crippen molar-refractivity contribution in [2.45, 2.75) is 50.1 Å². The Kier molecular flexibility index (Phi) is 8.49. The maximum atomic E-state index is 13.1. The largest absolute Gasteiger partial charge is 0.495 e. The summed E-state index contributed by atoms with van der Waals surface area (Å²) in [6.45, 7) is 3.92. The Labute approximate surface area is 177 Å². The molecule has 0 fully saturated rings. The van der Waals surface area contributed by atoms with Crippen molar-refractivity contribution in [3.05, 3.63) is 59.1 Å². The molecule has 2 aromatic rings. The van der Waals surface area contributed by atoms with Crippen LogP contribution in [0, 0.1) is 0 Å². The van der Waals surface area contributed by atoms with Crippen molar-refractivity contribution in [2.24, 2.45) is 0 Å². The molecule has 0 bridgehead atoms. The lowest BCUT2D eigenvalue weighted by atomic mass is 10.1. The average molecular weight is 439 g/mol. The van der Waals surface area contributed by atoms with Gasteiger partial charge in [-0.2, -0.15) is 4.72 Å². The highest BCUT2D eigenvalue weighted by molar-refractivity contribution is 7.89. The average Bonchev–Trinajstić information content (AvgIpc) is 2.68. The van der Waals surface area contributed by atoms with Crippen molar-refractivity contribution in [3.63, 3.8) is 0 Å². The van der Waals surface area contributed by atoms with Crippen molar-refractivity contribution < 1.29 is 17.9 Å². The fourth-order valence-electron chi connectivity index (χ4n) is 3.00. The Balaban J connectivity index is 2.32. The second-order valence-corrected chi connectivity index (χ2v) is 8.98. The van der Waals surface area contributed by atoms with Crippen molar-refractivity contribution in [1.82, 2.24) is 10.0 Å². The third kappa shape index (κ3) is 6.73. The summed E-state index contributed by atoms with van der Waals surface area (Å²) >= 11 is 5.99. The quantitative estimate of drug-likeness (QED) is 0.594. The Bertz CT molecular complexity index is 920. The Morgan fingerprint density at radius 2 is 1.86 bits per heavy atom. The molecule has 0 saturated heterocycles. The topological polar surface area (TPSA) is 84.5 Å². The summed E-state index contributed by atoms with van der Waals surface area (Å²) in [5.74, 6) is -0.223. The third-order valence-electron chi connectivity index (χ3n) is 4.42. The summed E-state index contributed by atoms with van der Waals surface area (Å²) in [6, 6.07) is 12.5. The van der Waals surface area contributed by atoms with Crippen LogP contribution in [0.25, 0.3) is 0 Å². The van der Waals surface area contributed by atoms with E-state index in [-0.39, 0.29) is 34.0 Å². The van der Waals surface area contributed by atoms with Crippen LogP contribution in [0.2, 0.25) is 5.02 Å². The predicted molar refractivity (Wildman–Crippen MR) is 115 cm³/mol. The number of carbonyl (C=O) groups is 1. The molecule has 29 heavy (non-hydrogen) atoms. The maximum Gasteiger partial charge on any atom is 0.245 e. The van der Waals surface area contributed by atoms with Gasteiger partial charge in [-0.3, -0.25) is 4.79 Å². The molecule has 0 unspecified atom stereocenters. The van der Waals surface area contributed by atoms with Gasteiger partial charge < -0.3 is 10.1 Å². The number of amides is 1. The number of methoxy groups -OCH3 is 1. The van der Waals surface area contributed by atoms with E-state index in [0.717, 1.165) is 18.4 Å². The van der Waals surface area contributed by atoms with Crippen molar-refractivity contribution in [1.29, 1.82) is 0 Å². The molecule has 0 heterocycles. The second-order valence-electron chi connectivity index (χ2n) is 6.86. The van der Waals surface area contributed by atoms with Gasteiger partial charge in [-0.25, -0.2) is 8.42 Å². The lowest BCUT2D eigenvalue weighted by molar-refractivity contribution is -0.123. The molecule has 0 aliphatic heterocycles. The van der Waals surface area contributed by atoms with Gasteiger partial charge in [-0.15, -0.1) is 0 Å². The molecule has 2 aromatic carbocycles. The lowest BCUT2D eigenvalue weighted by Gasteiger charge is -2.22. The Hall–Kier alpha value is -2.09. The molecule has 0 saturated carbocycles. The number of rotatable bonds is 10. The van der Waals surface area contributed by atoms with Gasteiger partial charge >= 0.3 is 0 Å². The number of benzene rings is 2. The molecule has 2 atom stereocenters. The summed E-state index contributed by atoms with van der Waals surface area (Å²) in [7, 11) is -2.68. The van der Waals surface area contributed by atoms with E-state index in [1.54, 1.807) is 6.07 Å². The second kappa shape index (κ2) is 10.6. The molecular formula is C21H27ClN2O4S. The minimum absolute atomic E-state index is 0.0593. The minimum atomic E-state index is -4.06. The van der Waals surface area contributed by atoms with Gasteiger partial charge in [-0.05, 0) is 43.5 Å². The zero-order valence-electron chi connectivity index (χ0n) is 16.8. The first-order valence-corrected chi connectivity index (χ1v) is 11.3. The van der Waals surface area contributed by atoms with Crippen LogP contribution in [0.3, 0.4) is 0 Å². The molecule has 0 spiro atoms. The van der Waals surface area contributed by atoms with Crippen molar-refractivity contribution in [3.8, 4) is 5.75 Å². The summed E-state index contributed by atoms with van der Waals surface area (Å²) in [5.41, 5.74) is 0.844. The number of ether oxygens (including phenoxy) is 1. The third-order valence-corrected chi connectivity index (χ3v) is 6.15. The summed E-state index contributed by atoms with van der Waals surface area (Å²) in [4.78, 5) is 12.8. The molecule has 2 N–H and O–H groups in total. The van der Waals surface area contributed by atoms with E-state index >= 15 is 0 Å². The zero-order chi connectivity index (χ0) is 21.4. The lowest BCUT2D eigenvalue weighted by Crippen LogP contribution is -2.50. The molecule has 0 aliphatic rings. The summed E-state index contributed by atoms with van der Waals surface area (Å²) < 4.78 is 33.8. The van der Waals surface area contributed by atoms with Gasteiger partial charge in [0.2, 0.25) is 15.9 Å². The summed E-state index contributed by atoms with van der Waals surface area (Å²) in [5, 5.41) is 3.15. The first-order chi connectivity index (χ1) is 13.8. The highest BCUT2D eigenvalue weighted by Gasteiger charge is 2.29. The standard InChI is InChI=1S/C21H27ClN2O4S/c1-4-8-15(2)23-21(25)18(13-16-9-6-5-7-10-16)24-29(26,27)20-14-17(22)11-12-19(20)28-3/h5-7,9-12,14-15,18,24H,4,8,13H2,1-3H3,(H,23,25)/t15-,18-/m1/s1. The van der Waals surface area contributed by atoms with Crippen LogP contribution in [-0.2, 0) is 21.2 Å². The molecule has 6 nitrogen and oxygen atoms in total. The smallest absolute Gasteiger partial charge is 0.245 e. The van der Waals surface area contributed by atoms with Crippen LogP contribution in [0.4, 0.5) is 0 Å². The first-order valence-electron chi connectivity index (χ1n) is 9.47. The highest BCUT2D eigenvalue weighted by atomic mass is 35.5. The minimum Gasteiger partial charge on any atom is -0.495 e. The number of sulfonamides is 1. The predicted octanol–water partition coefficient (Wildman–Crippen LogP) is 3.54. The molecule has 8 heteroatoms. The van der Waals surface area contributed by atoms with Crippen LogP contribution in [0.5, 0.6) is 5.75 Å². The number of nitrogens with one attached hydrogen (secondary N) is 2. The highest BCUT2D eigenvalue weighted by Crippen LogP contribution is 2.27. The van der Waals surface area contributed by atoms with E-state index < -0.39 is 16.1 Å². The SMILES string of the molecule is CCC[C@@H](C)NC(=O)[C@@H](Cc1ccccc1)NS(=O)(=O)c1cc(Cl)ccc1OC. The van der Waals surface area contributed by atoms with Crippen LogP contribution >= 0.6 is 11.6 Å². The van der Waals surface area contributed by atoms with Crippen LogP contribution < -0.4 is 14.8 Å². The Morgan fingerprint density at radius 1 is 1.17 bits per heavy atom. The number of hydrogen-bond acceptors (Lipinski definition) is 4. The van der Waals surface area contributed by atoms with Crippen molar-refractivity contribution >= 4 is 27.5 Å². The van der Waals surface area contributed by atoms with E-state index in [1.165, 1.54) is 19.2 Å². The first kappa shape index (κ1) is 23.2. The van der Waals surface area contributed by atoms with Crippen molar-refractivity contribution in [2.75, 3.05) is 7.11 Å². The van der Waals surface area contributed by atoms with Crippen LogP contribution in [0.15, 0.2) is 53.4 Å². The van der Waals surface area contributed by atoms with Gasteiger partial charge in [0.25, 0.3) is 0 Å². The Morgan fingerprint density at radius 3 is 2.48 bits per heavy atom. The summed E-state index contributed by atoms with van der Waals surface area (Å²) in [6.07, 6.45) is 1.93. The molecule has 158 valence electrons. The van der Waals surface area contributed by atoms with Gasteiger partial charge in [0.15, 0.2) is 0 Å². The molecule has 0 aliphatic carbocycles. The van der Waals surface area contributed by atoms with E-state index in [4.69, 9.17) is 16.3 Å². The maximum absolute atomic E-state index is 13.1. The van der Waals surface area contributed by atoms with Crippen LogP contribution in [-0.4, -0.2) is 33.5 Å². The van der Waals surface area contributed by atoms with E-state index in [2.05, 4.69) is 10.0 Å². The number of carbonyl (C=O) groups excluding carboxylic acids is 1. The number of hydrogen-bond donors (Lipinski definition) is 2. The molecule has 0 aromatic heterocycles. The van der Waals surface area contributed by atoms with Gasteiger partial charge in [0.05, 0.1) is 7.11 Å². The van der Waals surface area contributed by atoms with Gasteiger partial charge in [0, 0.05) is 11.1 Å². The molecule has 0 radical (unpaired) electrons. The fourth-order valence-corrected chi connectivity index (χ4v) is 4.62. The fraction of sp³-hybridized carbons (Fsp3) is 0.381. The van der Waals surface area contributed by atoms with Crippen LogP contribution in [0.1, 0.15) is 32.3 Å². The normalized spacial score (nSPS) is 13.5. The van der Waals surface area contributed by atoms with E-state index in [0.29, 0.717) is 0 Å². The number of halogens is 1. The zero-order valence-corrected chi connectivity index (χ0v) is 18.4. The van der Waals surface area contributed by atoms with E-state index in [9.17, 15) is 13.2 Å². The van der Waals surface area contributed by atoms with E-state index in [1.807, 2.05) is 44.2 Å².